The second-order valence-electron chi connectivity index (χ2n) is 7.76. The Morgan fingerprint density at radius 2 is 1.65 bits per heavy atom. The predicted molar refractivity (Wildman–Crippen MR) is 120 cm³/mol. The molecule has 34 heavy (non-hydrogen) atoms. The van der Waals surface area contributed by atoms with Crippen molar-refractivity contribution in [2.24, 2.45) is 0 Å². The molecule has 0 radical (unpaired) electrons. The first-order valence-electron chi connectivity index (χ1n) is 10.4. The molecule has 3 aromatic carbocycles. The number of hydrogen-bond donors (Lipinski definition) is 2. The van der Waals surface area contributed by atoms with Crippen molar-refractivity contribution in [3.8, 4) is 11.5 Å². The topological polar surface area (TPSA) is 134 Å². The van der Waals surface area contributed by atoms with E-state index in [4.69, 9.17) is 19.9 Å². The summed E-state index contributed by atoms with van der Waals surface area (Å²) in [6.07, 6.45) is -1.17. The molecular formula is C25H18N2O7. The molecule has 3 aromatic rings. The Bertz CT molecular complexity index is 1400. The zero-order chi connectivity index (χ0) is 24.0. The van der Waals surface area contributed by atoms with E-state index in [9.17, 15) is 19.2 Å². The molecule has 0 saturated carbocycles. The molecule has 5 rings (SSSR count). The summed E-state index contributed by atoms with van der Waals surface area (Å²) in [5, 5.41) is 2.63. The van der Waals surface area contributed by atoms with E-state index >= 15 is 0 Å². The Morgan fingerprint density at radius 3 is 2.41 bits per heavy atom. The number of anilines is 2. The van der Waals surface area contributed by atoms with E-state index in [2.05, 4.69) is 5.32 Å². The summed E-state index contributed by atoms with van der Waals surface area (Å²) in [6, 6.07) is 14.0. The summed E-state index contributed by atoms with van der Waals surface area (Å²) in [5.74, 6) is -1.23. The molecule has 1 aliphatic heterocycles. The van der Waals surface area contributed by atoms with Gasteiger partial charge in [0.25, 0.3) is 5.91 Å². The molecule has 0 aromatic heterocycles. The molecule has 1 amide bonds. The molecule has 3 N–H and O–H groups in total. The van der Waals surface area contributed by atoms with Crippen LogP contribution in [0.2, 0.25) is 0 Å². The lowest BCUT2D eigenvalue weighted by Gasteiger charge is -2.20. The van der Waals surface area contributed by atoms with Gasteiger partial charge in [0.05, 0.1) is 16.8 Å². The summed E-state index contributed by atoms with van der Waals surface area (Å²) in [6.45, 7) is 1.50. The van der Waals surface area contributed by atoms with Crippen LogP contribution in [0.3, 0.4) is 0 Å². The van der Waals surface area contributed by atoms with E-state index in [1.165, 1.54) is 25.1 Å². The maximum atomic E-state index is 13.0. The minimum absolute atomic E-state index is 0.0457. The van der Waals surface area contributed by atoms with Gasteiger partial charge < -0.3 is 25.3 Å². The predicted octanol–water partition coefficient (Wildman–Crippen LogP) is 2.96. The number of carbonyl (C=O) groups excluding carboxylic acids is 4. The van der Waals surface area contributed by atoms with Crippen LogP contribution in [0.1, 0.15) is 49.1 Å². The van der Waals surface area contributed by atoms with Crippen LogP contribution in [-0.2, 0) is 9.53 Å². The van der Waals surface area contributed by atoms with E-state index in [1.807, 2.05) is 0 Å². The van der Waals surface area contributed by atoms with Crippen LogP contribution < -0.4 is 20.5 Å². The summed E-state index contributed by atoms with van der Waals surface area (Å²) >= 11 is 0. The van der Waals surface area contributed by atoms with Crippen LogP contribution in [-0.4, -0.2) is 36.3 Å². The number of hydrogen-bond acceptors (Lipinski definition) is 8. The van der Waals surface area contributed by atoms with Crippen LogP contribution in [0.25, 0.3) is 0 Å². The van der Waals surface area contributed by atoms with E-state index in [1.54, 1.807) is 36.4 Å². The molecule has 1 unspecified atom stereocenters. The van der Waals surface area contributed by atoms with Gasteiger partial charge in [-0.1, -0.05) is 24.3 Å². The first-order chi connectivity index (χ1) is 16.3. The Balaban J connectivity index is 1.34. The van der Waals surface area contributed by atoms with Crippen molar-refractivity contribution >= 4 is 34.8 Å². The second kappa shape index (κ2) is 8.04. The molecule has 1 aliphatic carbocycles. The monoisotopic (exact) mass is 458 g/mol. The van der Waals surface area contributed by atoms with Crippen LogP contribution in [0.5, 0.6) is 11.5 Å². The van der Waals surface area contributed by atoms with Crippen LogP contribution >= 0.6 is 0 Å². The van der Waals surface area contributed by atoms with Gasteiger partial charge in [-0.15, -0.1) is 0 Å². The number of amides is 1. The number of rotatable bonds is 4. The van der Waals surface area contributed by atoms with Crippen molar-refractivity contribution in [2.45, 2.75) is 13.0 Å². The number of benzene rings is 3. The normalized spacial score (nSPS) is 14.1. The van der Waals surface area contributed by atoms with E-state index < -0.39 is 23.8 Å². The van der Waals surface area contributed by atoms with Crippen LogP contribution in [0.15, 0.2) is 54.6 Å². The molecular weight excluding hydrogens is 440 g/mol. The molecule has 9 heteroatoms. The van der Waals surface area contributed by atoms with Gasteiger partial charge in [0.15, 0.2) is 29.2 Å². The zero-order valence-corrected chi connectivity index (χ0v) is 17.9. The van der Waals surface area contributed by atoms with Gasteiger partial charge in [0.1, 0.15) is 0 Å². The third-order valence-corrected chi connectivity index (χ3v) is 5.65. The van der Waals surface area contributed by atoms with Gasteiger partial charge in [-0.2, -0.15) is 0 Å². The molecule has 0 bridgehead atoms. The average Bonchev–Trinajstić information content (AvgIpc) is 3.30. The summed E-state index contributed by atoms with van der Waals surface area (Å²) < 4.78 is 15.8. The van der Waals surface area contributed by atoms with E-state index in [-0.39, 0.29) is 46.1 Å². The van der Waals surface area contributed by atoms with Crippen molar-refractivity contribution in [1.82, 2.24) is 0 Å². The minimum Gasteiger partial charge on any atom is -0.454 e. The molecule has 1 heterocycles. The average molecular weight is 458 g/mol. The first kappa shape index (κ1) is 21.2. The maximum absolute atomic E-state index is 13.0. The number of ether oxygens (including phenoxy) is 3. The summed E-state index contributed by atoms with van der Waals surface area (Å²) in [7, 11) is 0. The van der Waals surface area contributed by atoms with Crippen molar-refractivity contribution in [3.63, 3.8) is 0 Å². The number of fused-ring (bicyclic) bond motifs is 3. The van der Waals surface area contributed by atoms with Gasteiger partial charge >= 0.3 is 5.97 Å². The zero-order valence-electron chi connectivity index (χ0n) is 17.9. The third-order valence-electron chi connectivity index (χ3n) is 5.65. The Labute approximate surface area is 193 Å². The van der Waals surface area contributed by atoms with Crippen molar-refractivity contribution in [3.05, 3.63) is 82.4 Å². The SMILES string of the molecule is CC(OC(=O)c1ccc2c(c1N)C(=O)c1ccccc1C2=O)C(=O)Nc1ccc2c(c1)OCO2. The lowest BCUT2D eigenvalue weighted by molar-refractivity contribution is -0.123. The standard InChI is InChI=1S/C25H18N2O7/c1-12(24(30)27-13-6-9-18-19(10-13)33-11-32-18)34-25(31)17-8-7-16-20(21(17)26)23(29)15-5-3-2-4-14(15)22(16)28/h2-10,12H,11,26H2,1H3,(H,27,30). The first-order valence-corrected chi connectivity index (χ1v) is 10.4. The van der Waals surface area contributed by atoms with Gasteiger partial charge in [-0.3, -0.25) is 14.4 Å². The smallest absolute Gasteiger partial charge is 0.341 e. The molecule has 170 valence electrons. The largest absolute Gasteiger partial charge is 0.454 e. The number of nitrogen functional groups attached to an aromatic ring is 1. The minimum atomic E-state index is -1.17. The molecule has 9 nitrogen and oxygen atoms in total. The lowest BCUT2D eigenvalue weighted by Crippen LogP contribution is -2.30. The van der Waals surface area contributed by atoms with Gasteiger partial charge in [-0.25, -0.2) is 4.79 Å². The lowest BCUT2D eigenvalue weighted by atomic mass is 9.82. The fourth-order valence-electron chi connectivity index (χ4n) is 3.89. The Hall–Kier alpha value is -4.66. The Kier molecular flexibility index (Phi) is 5.01. The van der Waals surface area contributed by atoms with Gasteiger partial charge in [0.2, 0.25) is 6.79 Å². The molecule has 0 fully saturated rings. The number of nitrogens with one attached hydrogen (secondary N) is 1. The molecule has 0 spiro atoms. The number of carbonyl (C=O) groups is 4. The Morgan fingerprint density at radius 1 is 0.941 bits per heavy atom. The summed E-state index contributed by atoms with van der Waals surface area (Å²) in [5.41, 5.74) is 6.87. The van der Waals surface area contributed by atoms with Crippen LogP contribution in [0.4, 0.5) is 11.4 Å². The van der Waals surface area contributed by atoms with Crippen LogP contribution in [0, 0.1) is 0 Å². The number of ketones is 2. The van der Waals surface area contributed by atoms with Crippen molar-refractivity contribution in [2.75, 3.05) is 17.8 Å². The molecule has 0 saturated heterocycles. The molecule has 1 atom stereocenters. The van der Waals surface area contributed by atoms with Gasteiger partial charge in [0, 0.05) is 28.4 Å². The quantitative estimate of drug-likeness (QED) is 0.352. The number of nitrogens with two attached hydrogens (primary N) is 1. The highest BCUT2D eigenvalue weighted by Crippen LogP contribution is 2.35. The highest BCUT2D eigenvalue weighted by Gasteiger charge is 2.33. The summed E-state index contributed by atoms with van der Waals surface area (Å²) in [4.78, 5) is 51.1. The molecule has 2 aliphatic rings. The van der Waals surface area contributed by atoms with E-state index in [0.717, 1.165) is 0 Å². The number of esters is 1. The third kappa shape index (κ3) is 3.43. The van der Waals surface area contributed by atoms with E-state index in [0.29, 0.717) is 17.2 Å². The maximum Gasteiger partial charge on any atom is 0.341 e. The highest BCUT2D eigenvalue weighted by atomic mass is 16.7. The van der Waals surface area contributed by atoms with Crippen molar-refractivity contribution in [1.29, 1.82) is 0 Å². The fraction of sp³-hybridized carbons (Fsp3) is 0.120. The van der Waals surface area contributed by atoms with Gasteiger partial charge in [-0.05, 0) is 31.2 Å². The highest BCUT2D eigenvalue weighted by molar-refractivity contribution is 6.30. The second-order valence-corrected chi connectivity index (χ2v) is 7.76. The van der Waals surface area contributed by atoms with Crippen molar-refractivity contribution < 1.29 is 33.4 Å². The fourth-order valence-corrected chi connectivity index (χ4v) is 3.89.